The second-order valence-electron chi connectivity index (χ2n) is 6.64. The van der Waals surface area contributed by atoms with Gasteiger partial charge in [-0.05, 0) is 24.1 Å². The Labute approximate surface area is 159 Å². The zero-order valence-electron chi connectivity index (χ0n) is 15.6. The van der Waals surface area contributed by atoms with E-state index in [-0.39, 0.29) is 24.7 Å². The molecular formula is C20H27N3O4. The maximum Gasteiger partial charge on any atom is 0.222 e. The third-order valence-corrected chi connectivity index (χ3v) is 4.74. The summed E-state index contributed by atoms with van der Waals surface area (Å²) in [5.74, 6) is 1.69. The lowest BCUT2D eigenvalue weighted by molar-refractivity contribution is -0.124. The largest absolute Gasteiger partial charge is 0.486 e. The number of benzene rings is 1. The normalized spacial score (nSPS) is 19.6. The number of rotatable bonds is 8. The summed E-state index contributed by atoms with van der Waals surface area (Å²) >= 11 is 0. The summed E-state index contributed by atoms with van der Waals surface area (Å²) in [4.78, 5) is 16.7. The predicted octanol–water partition coefficient (Wildman–Crippen LogP) is 1.68. The molecule has 1 aliphatic rings. The van der Waals surface area contributed by atoms with Crippen molar-refractivity contribution in [2.45, 2.75) is 51.5 Å². The summed E-state index contributed by atoms with van der Waals surface area (Å²) in [5.41, 5.74) is 0.832. The van der Waals surface area contributed by atoms with E-state index in [4.69, 9.17) is 14.6 Å². The fourth-order valence-corrected chi connectivity index (χ4v) is 3.20. The number of nitrogens with one attached hydrogen (secondary N) is 1. The Hall–Kier alpha value is -2.38. The molecule has 1 saturated heterocycles. The first-order valence-electron chi connectivity index (χ1n) is 9.43. The maximum atomic E-state index is 12.4. The third kappa shape index (κ3) is 5.30. The van der Waals surface area contributed by atoms with E-state index in [1.54, 1.807) is 6.20 Å². The van der Waals surface area contributed by atoms with E-state index < -0.39 is 0 Å². The summed E-state index contributed by atoms with van der Waals surface area (Å²) in [6, 6.07) is 7.21. The molecule has 1 aliphatic heterocycles. The number of aryl methyl sites for hydroxylation is 2. The Balaban J connectivity index is 1.53. The number of hydrogen-bond donors (Lipinski definition) is 2. The average molecular weight is 373 g/mol. The van der Waals surface area contributed by atoms with Crippen molar-refractivity contribution in [3.63, 3.8) is 0 Å². The molecule has 1 fully saturated rings. The first kappa shape index (κ1) is 19.4. The van der Waals surface area contributed by atoms with E-state index in [1.807, 2.05) is 35.0 Å². The Morgan fingerprint density at radius 2 is 2.22 bits per heavy atom. The van der Waals surface area contributed by atoms with Gasteiger partial charge in [0.05, 0.1) is 19.3 Å². The van der Waals surface area contributed by atoms with Crippen LogP contribution in [-0.4, -0.2) is 45.9 Å². The number of carbonyl (C=O) groups is 1. The summed E-state index contributed by atoms with van der Waals surface area (Å²) in [6.07, 6.45) is 5.40. The quantitative estimate of drug-likeness (QED) is 0.735. The van der Waals surface area contributed by atoms with E-state index in [1.165, 1.54) is 0 Å². The van der Waals surface area contributed by atoms with Gasteiger partial charge in [-0.25, -0.2) is 4.98 Å². The predicted molar refractivity (Wildman–Crippen MR) is 100 cm³/mol. The first-order valence-corrected chi connectivity index (χ1v) is 9.43. The van der Waals surface area contributed by atoms with Crippen LogP contribution in [0.4, 0.5) is 0 Å². The summed E-state index contributed by atoms with van der Waals surface area (Å²) < 4.78 is 13.6. The third-order valence-electron chi connectivity index (χ3n) is 4.74. The summed E-state index contributed by atoms with van der Waals surface area (Å²) in [5, 5.41) is 12.2. The lowest BCUT2D eigenvalue weighted by Crippen LogP contribution is -2.51. The molecule has 7 nitrogen and oxygen atoms in total. The van der Waals surface area contributed by atoms with Gasteiger partial charge in [0.15, 0.2) is 0 Å². The van der Waals surface area contributed by atoms with Crippen LogP contribution in [0.25, 0.3) is 0 Å². The van der Waals surface area contributed by atoms with Crippen molar-refractivity contribution < 1.29 is 19.4 Å². The number of hydrogen-bond acceptors (Lipinski definition) is 5. The van der Waals surface area contributed by atoms with Gasteiger partial charge in [-0.3, -0.25) is 4.79 Å². The lowest BCUT2D eigenvalue weighted by atomic mass is 10.1. The van der Waals surface area contributed by atoms with Crippen LogP contribution in [0.5, 0.6) is 5.75 Å². The number of aliphatic hydroxyl groups is 1. The summed E-state index contributed by atoms with van der Waals surface area (Å²) in [7, 11) is 0. The van der Waals surface area contributed by atoms with Gasteiger partial charge in [-0.2, -0.15) is 0 Å². The van der Waals surface area contributed by atoms with Crippen molar-refractivity contribution >= 4 is 5.91 Å². The fraction of sp³-hybridized carbons (Fsp3) is 0.500. The van der Waals surface area contributed by atoms with Crippen LogP contribution < -0.4 is 10.1 Å². The molecule has 0 saturated carbocycles. The Morgan fingerprint density at radius 3 is 2.96 bits per heavy atom. The van der Waals surface area contributed by atoms with Crippen molar-refractivity contribution in [3.8, 4) is 5.75 Å². The lowest BCUT2D eigenvalue weighted by Gasteiger charge is -2.32. The van der Waals surface area contributed by atoms with Gasteiger partial charge in [-0.15, -0.1) is 0 Å². The molecule has 0 unspecified atom stereocenters. The van der Waals surface area contributed by atoms with E-state index in [0.717, 1.165) is 24.2 Å². The smallest absolute Gasteiger partial charge is 0.222 e. The molecular weight excluding hydrogens is 346 g/mol. The van der Waals surface area contributed by atoms with Crippen molar-refractivity contribution in [1.29, 1.82) is 0 Å². The highest BCUT2D eigenvalue weighted by molar-refractivity contribution is 5.76. The fourth-order valence-electron chi connectivity index (χ4n) is 3.20. The van der Waals surface area contributed by atoms with Crippen LogP contribution in [0.1, 0.15) is 31.2 Å². The van der Waals surface area contributed by atoms with Gasteiger partial charge >= 0.3 is 0 Å². The topological polar surface area (TPSA) is 85.6 Å². The number of aromatic nitrogens is 2. The van der Waals surface area contributed by atoms with Gasteiger partial charge in [-0.1, -0.05) is 19.1 Å². The number of amides is 1. The van der Waals surface area contributed by atoms with Crippen LogP contribution >= 0.6 is 0 Å². The van der Waals surface area contributed by atoms with Crippen molar-refractivity contribution in [1.82, 2.24) is 14.9 Å². The number of imidazole rings is 1. The zero-order valence-corrected chi connectivity index (χ0v) is 15.6. The molecule has 0 radical (unpaired) electrons. The first-order chi connectivity index (χ1) is 13.2. The Bertz CT molecular complexity index is 729. The number of carbonyl (C=O) groups excluding carboxylic acids is 1. The van der Waals surface area contributed by atoms with E-state index in [9.17, 15) is 4.79 Å². The molecule has 0 bridgehead atoms. The van der Waals surface area contributed by atoms with E-state index in [0.29, 0.717) is 31.9 Å². The average Bonchev–Trinajstić information content (AvgIpc) is 3.16. The van der Waals surface area contributed by atoms with Crippen LogP contribution in [0.15, 0.2) is 36.7 Å². The molecule has 2 heterocycles. The van der Waals surface area contributed by atoms with Gasteiger partial charge < -0.3 is 24.5 Å². The molecule has 7 heteroatoms. The highest BCUT2D eigenvalue weighted by Gasteiger charge is 2.29. The molecule has 2 N–H and O–H groups in total. The van der Waals surface area contributed by atoms with Gasteiger partial charge in [0.2, 0.25) is 5.91 Å². The minimum absolute atomic E-state index is 0.00174. The standard InChI is InChI=1S/C20H27N3O4/c1-2-19-21-9-11-23(19)10-7-20(25)22-17-8-12-26-14-18(17)27-16-5-3-15(13-24)4-6-16/h3-6,9,11,17-18,24H,2,7-8,10,12-14H2,1H3,(H,22,25)/t17-,18-/m1/s1. The molecule has 2 atom stereocenters. The van der Waals surface area contributed by atoms with Crippen molar-refractivity contribution in [2.75, 3.05) is 13.2 Å². The zero-order chi connectivity index (χ0) is 19.1. The van der Waals surface area contributed by atoms with Crippen LogP contribution in [0.2, 0.25) is 0 Å². The minimum atomic E-state index is -0.234. The van der Waals surface area contributed by atoms with Gasteiger partial charge in [0.25, 0.3) is 0 Å². The molecule has 146 valence electrons. The number of nitrogens with zero attached hydrogens (tertiary/aromatic N) is 2. The highest BCUT2D eigenvalue weighted by atomic mass is 16.5. The molecule has 1 amide bonds. The maximum absolute atomic E-state index is 12.4. The molecule has 0 aliphatic carbocycles. The van der Waals surface area contributed by atoms with E-state index >= 15 is 0 Å². The van der Waals surface area contributed by atoms with Crippen LogP contribution in [-0.2, 0) is 29.1 Å². The second kappa shape index (κ2) is 9.53. The van der Waals surface area contributed by atoms with Crippen molar-refractivity contribution in [3.05, 3.63) is 48.0 Å². The monoisotopic (exact) mass is 373 g/mol. The molecule has 27 heavy (non-hydrogen) atoms. The highest BCUT2D eigenvalue weighted by Crippen LogP contribution is 2.19. The molecule has 2 aromatic rings. The van der Waals surface area contributed by atoms with Gasteiger partial charge in [0.1, 0.15) is 17.7 Å². The Kier molecular flexibility index (Phi) is 6.84. The van der Waals surface area contributed by atoms with Crippen molar-refractivity contribution in [2.24, 2.45) is 0 Å². The van der Waals surface area contributed by atoms with Crippen LogP contribution in [0, 0.1) is 0 Å². The molecule has 3 rings (SSSR count). The minimum Gasteiger partial charge on any atom is -0.486 e. The molecule has 1 aromatic heterocycles. The summed E-state index contributed by atoms with van der Waals surface area (Å²) in [6.45, 7) is 3.72. The molecule has 0 spiro atoms. The van der Waals surface area contributed by atoms with E-state index in [2.05, 4.69) is 17.2 Å². The second-order valence-corrected chi connectivity index (χ2v) is 6.64. The SMILES string of the molecule is CCc1nccn1CCC(=O)N[C@@H]1CCOC[C@H]1Oc1ccc(CO)cc1. The number of ether oxygens (including phenoxy) is 2. The van der Waals surface area contributed by atoms with Crippen LogP contribution in [0.3, 0.4) is 0 Å². The Morgan fingerprint density at radius 1 is 1.41 bits per heavy atom. The molecule has 1 aromatic carbocycles. The van der Waals surface area contributed by atoms with Gasteiger partial charge in [0, 0.05) is 38.4 Å². The number of aliphatic hydroxyl groups excluding tert-OH is 1.